The van der Waals surface area contributed by atoms with Crippen LogP contribution in [0.2, 0.25) is 0 Å². The summed E-state index contributed by atoms with van der Waals surface area (Å²) >= 11 is 0. The first-order valence-corrected chi connectivity index (χ1v) is 40.1. The Kier molecular flexibility index (Phi) is 66.1. The minimum Gasteiger partial charge on any atom is -0.462 e. The van der Waals surface area contributed by atoms with E-state index < -0.39 is 97.5 Å². The second-order valence-electron chi connectivity index (χ2n) is 24.5. The summed E-state index contributed by atoms with van der Waals surface area (Å²) in [5, 5.41) is 10.6. The zero-order chi connectivity index (χ0) is 70.4. The van der Waals surface area contributed by atoms with Gasteiger partial charge in [0.2, 0.25) is 0 Å². The normalized spacial score (nSPS) is 14.6. The van der Waals surface area contributed by atoms with Crippen LogP contribution in [-0.2, 0) is 65.4 Å². The summed E-state index contributed by atoms with van der Waals surface area (Å²) < 4.78 is 68.3. The van der Waals surface area contributed by atoms with Crippen LogP contribution in [0.3, 0.4) is 0 Å². The maximum Gasteiger partial charge on any atom is 0.472 e. The van der Waals surface area contributed by atoms with Gasteiger partial charge in [-0.3, -0.25) is 37.3 Å². The quantitative estimate of drug-likeness (QED) is 0.0169. The Hall–Kier alpha value is -4.28. The van der Waals surface area contributed by atoms with Crippen molar-refractivity contribution in [2.45, 2.75) is 316 Å². The molecule has 0 aromatic carbocycles. The van der Waals surface area contributed by atoms with E-state index in [-0.39, 0.29) is 25.7 Å². The SMILES string of the molecule is CC/C=C\C/C=C\C/C=C\CCCCCCCC(=O)OCC(COP(=O)(O)OCC(O)COP(=O)(O)OCC(COC(=O)CCCCCCC/C=C\C/C=C\CCC)OC(=O)CCCCCCC/C=C\C/C=C\CCC)OC(=O)CCCCCCC/C=C\C/C=C\CCCCC. The predicted molar refractivity (Wildman–Crippen MR) is 390 cm³/mol. The van der Waals surface area contributed by atoms with Crippen LogP contribution >= 0.6 is 15.6 Å². The lowest BCUT2D eigenvalue weighted by molar-refractivity contribution is -0.161. The first kappa shape index (κ1) is 91.7. The first-order chi connectivity index (χ1) is 46.7. The highest BCUT2D eigenvalue weighted by Gasteiger charge is 2.30. The molecular formula is C77H132O17P2. The van der Waals surface area contributed by atoms with Crippen molar-refractivity contribution in [1.82, 2.24) is 0 Å². The summed E-state index contributed by atoms with van der Waals surface area (Å²) in [4.78, 5) is 72.7. The molecule has 17 nitrogen and oxygen atoms in total. The van der Waals surface area contributed by atoms with E-state index in [4.69, 9.17) is 37.0 Å². The van der Waals surface area contributed by atoms with Gasteiger partial charge >= 0.3 is 39.5 Å². The largest absolute Gasteiger partial charge is 0.472 e. The van der Waals surface area contributed by atoms with Crippen LogP contribution in [-0.4, -0.2) is 96.7 Å². The molecule has 5 atom stereocenters. The number of unbranched alkanes of at least 4 members (excludes halogenated alkanes) is 25. The van der Waals surface area contributed by atoms with Crippen molar-refractivity contribution in [3.63, 3.8) is 0 Å². The molecule has 3 N–H and O–H groups in total. The average molecular weight is 1390 g/mol. The fraction of sp³-hybridized carbons (Fsp3) is 0.714. The molecule has 0 fully saturated rings. The molecule has 0 aliphatic carbocycles. The van der Waals surface area contributed by atoms with Crippen LogP contribution in [0.4, 0.5) is 0 Å². The van der Waals surface area contributed by atoms with Crippen LogP contribution < -0.4 is 0 Å². The Morgan fingerprint density at radius 2 is 0.562 bits per heavy atom. The fourth-order valence-corrected chi connectivity index (χ4v) is 11.1. The molecule has 5 unspecified atom stereocenters. The molecule has 0 amide bonds. The third kappa shape index (κ3) is 68.3. The number of phosphoric ester groups is 2. The molecule has 0 aliphatic rings. The summed E-state index contributed by atoms with van der Waals surface area (Å²) in [6.45, 7) is 4.53. The van der Waals surface area contributed by atoms with Crippen LogP contribution in [0.15, 0.2) is 109 Å². The van der Waals surface area contributed by atoms with Crippen LogP contribution in [0.25, 0.3) is 0 Å². The number of allylic oxidation sites excluding steroid dienone is 18. The summed E-state index contributed by atoms with van der Waals surface area (Å²) in [7, 11) is -9.96. The molecule has 96 heavy (non-hydrogen) atoms. The summed E-state index contributed by atoms with van der Waals surface area (Å²) in [6.07, 6.45) is 72.2. The maximum atomic E-state index is 13.1. The number of hydrogen-bond donors (Lipinski definition) is 3. The molecule has 0 heterocycles. The van der Waals surface area contributed by atoms with E-state index in [2.05, 4.69) is 137 Å². The topological polar surface area (TPSA) is 237 Å². The van der Waals surface area contributed by atoms with Gasteiger partial charge in [0, 0.05) is 25.7 Å². The monoisotopic (exact) mass is 1390 g/mol. The molecule has 0 aromatic heterocycles. The zero-order valence-electron chi connectivity index (χ0n) is 60.0. The Labute approximate surface area is 581 Å². The molecule has 0 spiro atoms. The molecule has 552 valence electrons. The lowest BCUT2D eigenvalue weighted by Crippen LogP contribution is -2.30. The third-order valence-corrected chi connectivity index (χ3v) is 17.1. The highest BCUT2D eigenvalue weighted by atomic mass is 31.2. The van der Waals surface area contributed by atoms with Gasteiger partial charge in [-0.2, -0.15) is 0 Å². The molecule has 19 heteroatoms. The number of carbonyl (C=O) groups is 4. The van der Waals surface area contributed by atoms with Crippen LogP contribution in [0.1, 0.15) is 297 Å². The maximum absolute atomic E-state index is 13.1. The van der Waals surface area contributed by atoms with Crippen molar-refractivity contribution in [2.24, 2.45) is 0 Å². The highest BCUT2D eigenvalue weighted by Crippen LogP contribution is 2.45. The molecule has 0 aliphatic heterocycles. The Morgan fingerprint density at radius 3 is 0.875 bits per heavy atom. The van der Waals surface area contributed by atoms with E-state index in [1.54, 1.807) is 0 Å². The van der Waals surface area contributed by atoms with Gasteiger partial charge in [0.1, 0.15) is 19.3 Å². The Morgan fingerprint density at radius 1 is 0.302 bits per heavy atom. The molecule has 0 saturated heterocycles. The van der Waals surface area contributed by atoms with Gasteiger partial charge in [-0.1, -0.05) is 240 Å². The minimum absolute atomic E-state index is 0.0734. The summed E-state index contributed by atoms with van der Waals surface area (Å²) in [6, 6.07) is 0. The number of rotatable bonds is 69. The van der Waals surface area contributed by atoms with E-state index in [0.29, 0.717) is 25.7 Å². The minimum atomic E-state index is -4.98. The molecular weight excluding hydrogens is 1260 g/mol. The molecule has 0 radical (unpaired) electrons. The second kappa shape index (κ2) is 69.2. The fourth-order valence-electron chi connectivity index (χ4n) is 9.52. The van der Waals surface area contributed by atoms with Crippen molar-refractivity contribution < 1.29 is 80.2 Å². The van der Waals surface area contributed by atoms with Crippen molar-refractivity contribution in [3.8, 4) is 0 Å². The lowest BCUT2D eigenvalue weighted by Gasteiger charge is -2.21. The summed E-state index contributed by atoms with van der Waals surface area (Å²) in [5.74, 6) is -2.24. The van der Waals surface area contributed by atoms with Gasteiger partial charge in [-0.15, -0.1) is 0 Å². The highest BCUT2D eigenvalue weighted by molar-refractivity contribution is 7.47. The smallest absolute Gasteiger partial charge is 0.462 e. The zero-order valence-corrected chi connectivity index (χ0v) is 61.8. The standard InChI is InChI=1S/C77H132O17P2/c1-5-9-13-17-21-25-29-33-35-39-42-46-50-54-58-62-75(80)88-68-73(94-77(82)64-60-56-52-48-44-40-36-34-30-26-22-18-14-10-6-2)70-92-96(85,86)90-66-71(78)65-89-95(83,84)91-69-72(93-76(81)63-59-55-51-47-43-38-32-28-24-20-16-12-8-4)67-87-74(79)61-57-53-49-45-41-37-31-27-23-19-15-11-7-3/h9,13,15-16,19-22,25-28,31-36,71-73,78H,5-8,10-12,14,17-18,23-24,29-30,37-70H2,1-4H3,(H,83,84)(H,85,86)/b13-9-,19-15-,20-16-,25-21-,26-22-,31-27-,32-28-,35-33-,36-34-. The van der Waals surface area contributed by atoms with Crippen LogP contribution in [0.5, 0.6) is 0 Å². The van der Waals surface area contributed by atoms with E-state index in [1.807, 2.05) is 0 Å². The Balaban J connectivity index is 5.38. The van der Waals surface area contributed by atoms with Gasteiger partial charge in [-0.05, 0) is 141 Å². The van der Waals surface area contributed by atoms with Gasteiger partial charge in [0.25, 0.3) is 0 Å². The van der Waals surface area contributed by atoms with Crippen LogP contribution in [0, 0.1) is 0 Å². The molecule has 0 saturated carbocycles. The molecule has 0 aromatic rings. The number of phosphoric acid groups is 2. The van der Waals surface area contributed by atoms with Crippen molar-refractivity contribution >= 4 is 39.5 Å². The second-order valence-corrected chi connectivity index (χ2v) is 27.4. The number of ether oxygens (including phenoxy) is 4. The van der Waals surface area contributed by atoms with E-state index in [1.165, 1.54) is 19.3 Å². The van der Waals surface area contributed by atoms with Gasteiger partial charge < -0.3 is 33.8 Å². The number of esters is 4. The lowest BCUT2D eigenvalue weighted by atomic mass is 10.1. The van der Waals surface area contributed by atoms with Crippen molar-refractivity contribution in [2.75, 3.05) is 39.6 Å². The predicted octanol–water partition coefficient (Wildman–Crippen LogP) is 21.0. The van der Waals surface area contributed by atoms with E-state index in [0.717, 1.165) is 199 Å². The summed E-state index contributed by atoms with van der Waals surface area (Å²) in [5.41, 5.74) is 0. The molecule has 0 bridgehead atoms. The Bertz CT molecular complexity index is 2250. The van der Waals surface area contributed by atoms with Crippen molar-refractivity contribution in [3.05, 3.63) is 109 Å². The average Bonchev–Trinajstić information content (AvgIpc) is 1.36. The number of aliphatic hydroxyl groups excluding tert-OH is 1. The van der Waals surface area contributed by atoms with E-state index >= 15 is 0 Å². The number of hydrogen-bond acceptors (Lipinski definition) is 15. The van der Waals surface area contributed by atoms with Crippen molar-refractivity contribution in [1.29, 1.82) is 0 Å². The number of aliphatic hydroxyl groups is 1. The number of carbonyl (C=O) groups excluding carboxylic acids is 4. The van der Waals surface area contributed by atoms with E-state index in [9.17, 15) is 43.2 Å². The van der Waals surface area contributed by atoms with Gasteiger partial charge in [-0.25, -0.2) is 9.13 Å². The third-order valence-electron chi connectivity index (χ3n) is 15.2. The van der Waals surface area contributed by atoms with Gasteiger partial charge in [0.15, 0.2) is 12.2 Å². The first-order valence-electron chi connectivity index (χ1n) is 37.1. The van der Waals surface area contributed by atoms with Gasteiger partial charge in [0.05, 0.1) is 26.4 Å². The molecule has 0 rings (SSSR count).